The molecule has 0 atom stereocenters. The van der Waals surface area contributed by atoms with Gasteiger partial charge in [0.1, 0.15) is 11.6 Å². The summed E-state index contributed by atoms with van der Waals surface area (Å²) in [5.41, 5.74) is 1.67. The summed E-state index contributed by atoms with van der Waals surface area (Å²) in [5, 5.41) is 6.36. The highest BCUT2D eigenvalue weighted by molar-refractivity contribution is 6.09. The van der Waals surface area contributed by atoms with Gasteiger partial charge < -0.3 is 15.1 Å². The maximum absolute atomic E-state index is 12.7. The van der Waals surface area contributed by atoms with Crippen LogP contribution in [0.2, 0.25) is 0 Å². The number of furan rings is 1. The lowest BCUT2D eigenvalue weighted by Crippen LogP contribution is -2.23. The highest BCUT2D eigenvalue weighted by Gasteiger charge is 2.31. The Morgan fingerprint density at radius 3 is 2.73 bits per heavy atom. The van der Waals surface area contributed by atoms with Crippen molar-refractivity contribution in [1.82, 2.24) is 10.3 Å². The van der Waals surface area contributed by atoms with Crippen molar-refractivity contribution in [2.24, 2.45) is 0 Å². The molecule has 0 saturated heterocycles. The number of carbonyl (C=O) groups is 2. The SMILES string of the molecule is CCNC(=O)c1cc(NC(=O)c2ccoc2C2CC2)nc2ccccc12. The summed E-state index contributed by atoms with van der Waals surface area (Å²) in [7, 11) is 0. The second-order valence-corrected chi connectivity index (χ2v) is 6.36. The molecule has 6 nitrogen and oxygen atoms in total. The fourth-order valence-corrected chi connectivity index (χ4v) is 3.04. The molecule has 0 unspecified atom stereocenters. The van der Waals surface area contributed by atoms with E-state index >= 15 is 0 Å². The van der Waals surface area contributed by atoms with E-state index in [1.807, 2.05) is 31.2 Å². The monoisotopic (exact) mass is 349 g/mol. The summed E-state index contributed by atoms with van der Waals surface area (Å²) in [5.74, 6) is 0.945. The molecule has 2 amide bonds. The number of nitrogens with one attached hydrogen (secondary N) is 2. The predicted molar refractivity (Wildman–Crippen MR) is 98.4 cm³/mol. The molecule has 1 saturated carbocycles. The lowest BCUT2D eigenvalue weighted by molar-refractivity contribution is 0.0955. The molecule has 2 heterocycles. The van der Waals surface area contributed by atoms with Crippen molar-refractivity contribution in [3.63, 3.8) is 0 Å². The zero-order valence-corrected chi connectivity index (χ0v) is 14.4. The molecule has 2 aromatic heterocycles. The summed E-state index contributed by atoms with van der Waals surface area (Å²) in [6.45, 7) is 2.39. The highest BCUT2D eigenvalue weighted by Crippen LogP contribution is 2.42. The third-order valence-corrected chi connectivity index (χ3v) is 4.43. The Bertz CT molecular complexity index is 989. The van der Waals surface area contributed by atoms with Crippen LogP contribution in [0.25, 0.3) is 10.9 Å². The van der Waals surface area contributed by atoms with Gasteiger partial charge in [0.25, 0.3) is 11.8 Å². The minimum Gasteiger partial charge on any atom is -0.468 e. The Kier molecular flexibility index (Phi) is 4.16. The standard InChI is InChI=1S/C20H19N3O3/c1-2-21-19(24)15-11-17(22-16-6-4-3-5-13(15)16)23-20(25)14-9-10-26-18(14)12-7-8-12/h3-6,9-12H,2,7-8H2,1H3,(H,21,24)(H,22,23,25). The predicted octanol–water partition coefficient (Wildman–Crippen LogP) is 3.71. The first kappa shape index (κ1) is 16.3. The van der Waals surface area contributed by atoms with Gasteiger partial charge in [-0.1, -0.05) is 18.2 Å². The zero-order valence-electron chi connectivity index (χ0n) is 14.4. The third-order valence-electron chi connectivity index (χ3n) is 4.43. The molecule has 0 bridgehead atoms. The van der Waals surface area contributed by atoms with E-state index in [2.05, 4.69) is 15.6 Å². The molecule has 4 rings (SSSR count). The van der Waals surface area contributed by atoms with Gasteiger partial charge in [-0.15, -0.1) is 0 Å². The van der Waals surface area contributed by atoms with E-state index in [9.17, 15) is 9.59 Å². The van der Waals surface area contributed by atoms with E-state index in [-0.39, 0.29) is 11.8 Å². The molecule has 0 aliphatic heterocycles. The summed E-state index contributed by atoms with van der Waals surface area (Å²) in [4.78, 5) is 29.5. The molecule has 6 heteroatoms. The number of rotatable bonds is 5. The van der Waals surface area contributed by atoms with E-state index in [0.29, 0.717) is 34.9 Å². The van der Waals surface area contributed by atoms with Crippen LogP contribution >= 0.6 is 0 Å². The van der Waals surface area contributed by atoms with Gasteiger partial charge in [-0.25, -0.2) is 4.98 Å². The number of amides is 2. The van der Waals surface area contributed by atoms with Crippen LogP contribution in [0.1, 0.15) is 52.2 Å². The van der Waals surface area contributed by atoms with Gasteiger partial charge in [-0.3, -0.25) is 9.59 Å². The van der Waals surface area contributed by atoms with Crippen molar-refractivity contribution in [2.45, 2.75) is 25.7 Å². The normalized spacial score (nSPS) is 13.6. The highest BCUT2D eigenvalue weighted by atomic mass is 16.3. The van der Waals surface area contributed by atoms with Crippen molar-refractivity contribution < 1.29 is 14.0 Å². The molecule has 2 N–H and O–H groups in total. The first-order valence-electron chi connectivity index (χ1n) is 8.74. The number of hydrogen-bond donors (Lipinski definition) is 2. The first-order valence-corrected chi connectivity index (χ1v) is 8.74. The lowest BCUT2D eigenvalue weighted by atomic mass is 10.1. The molecular formula is C20H19N3O3. The number of nitrogens with zero attached hydrogens (tertiary/aromatic N) is 1. The Labute approximate surface area is 150 Å². The van der Waals surface area contributed by atoms with Crippen molar-refractivity contribution in [1.29, 1.82) is 0 Å². The quantitative estimate of drug-likeness (QED) is 0.735. The number of pyridine rings is 1. The van der Waals surface area contributed by atoms with Gasteiger partial charge in [0, 0.05) is 17.8 Å². The summed E-state index contributed by atoms with van der Waals surface area (Å²) < 4.78 is 5.47. The van der Waals surface area contributed by atoms with Crippen LogP contribution in [0, 0.1) is 0 Å². The molecule has 1 fully saturated rings. The Morgan fingerprint density at radius 2 is 1.96 bits per heavy atom. The van der Waals surface area contributed by atoms with Gasteiger partial charge >= 0.3 is 0 Å². The number of aromatic nitrogens is 1. The molecule has 3 aromatic rings. The average Bonchev–Trinajstić information content (AvgIpc) is 3.37. The van der Waals surface area contributed by atoms with Crippen LogP contribution in [-0.4, -0.2) is 23.3 Å². The first-order chi connectivity index (χ1) is 12.7. The number of anilines is 1. The van der Waals surface area contributed by atoms with Crippen LogP contribution < -0.4 is 10.6 Å². The summed E-state index contributed by atoms with van der Waals surface area (Å²) in [6.07, 6.45) is 3.63. The zero-order chi connectivity index (χ0) is 18.1. The lowest BCUT2D eigenvalue weighted by Gasteiger charge is -2.10. The topological polar surface area (TPSA) is 84.2 Å². The van der Waals surface area contributed by atoms with Gasteiger partial charge in [0.2, 0.25) is 0 Å². The largest absolute Gasteiger partial charge is 0.468 e. The van der Waals surface area contributed by atoms with Crippen LogP contribution in [0.5, 0.6) is 0 Å². The number of carbonyl (C=O) groups excluding carboxylic acids is 2. The van der Waals surface area contributed by atoms with Crippen LogP contribution in [0.4, 0.5) is 5.82 Å². The van der Waals surface area contributed by atoms with E-state index in [1.54, 1.807) is 12.1 Å². The summed E-state index contributed by atoms with van der Waals surface area (Å²) >= 11 is 0. The number of benzene rings is 1. The van der Waals surface area contributed by atoms with E-state index in [0.717, 1.165) is 24.0 Å². The van der Waals surface area contributed by atoms with E-state index < -0.39 is 0 Å². The molecule has 26 heavy (non-hydrogen) atoms. The smallest absolute Gasteiger partial charge is 0.260 e. The van der Waals surface area contributed by atoms with Gasteiger partial charge in [0.15, 0.2) is 0 Å². The Balaban J connectivity index is 1.68. The van der Waals surface area contributed by atoms with Gasteiger partial charge in [-0.2, -0.15) is 0 Å². The number of fused-ring (bicyclic) bond motifs is 1. The molecule has 132 valence electrons. The molecule has 0 radical (unpaired) electrons. The maximum atomic E-state index is 12.7. The molecule has 1 aliphatic carbocycles. The minimum absolute atomic E-state index is 0.191. The third kappa shape index (κ3) is 3.06. The van der Waals surface area contributed by atoms with Gasteiger partial charge in [-0.05, 0) is 38.0 Å². The summed E-state index contributed by atoms with van der Waals surface area (Å²) in [6, 6.07) is 10.7. The van der Waals surface area contributed by atoms with Crippen LogP contribution in [0.3, 0.4) is 0 Å². The van der Waals surface area contributed by atoms with Crippen molar-refractivity contribution >= 4 is 28.5 Å². The fraction of sp³-hybridized carbons (Fsp3) is 0.250. The molecule has 1 aliphatic rings. The van der Waals surface area contributed by atoms with Crippen molar-refractivity contribution in [3.05, 3.63) is 59.5 Å². The Morgan fingerprint density at radius 1 is 1.15 bits per heavy atom. The number of hydrogen-bond acceptors (Lipinski definition) is 4. The van der Waals surface area contributed by atoms with E-state index in [4.69, 9.17) is 4.42 Å². The molecule has 0 spiro atoms. The van der Waals surface area contributed by atoms with Crippen LogP contribution in [0.15, 0.2) is 47.1 Å². The fourth-order valence-electron chi connectivity index (χ4n) is 3.04. The maximum Gasteiger partial charge on any atom is 0.260 e. The van der Waals surface area contributed by atoms with Crippen molar-refractivity contribution in [3.8, 4) is 0 Å². The second-order valence-electron chi connectivity index (χ2n) is 6.36. The molecular weight excluding hydrogens is 330 g/mol. The van der Waals surface area contributed by atoms with Crippen LogP contribution in [-0.2, 0) is 0 Å². The van der Waals surface area contributed by atoms with Gasteiger partial charge in [0.05, 0.1) is 22.9 Å². The second kappa shape index (κ2) is 6.63. The molecule has 1 aromatic carbocycles. The number of para-hydroxylation sites is 1. The minimum atomic E-state index is -0.273. The van der Waals surface area contributed by atoms with E-state index in [1.165, 1.54) is 6.26 Å². The Hall–Kier alpha value is -3.15. The van der Waals surface area contributed by atoms with Crippen molar-refractivity contribution in [2.75, 3.05) is 11.9 Å². The average molecular weight is 349 g/mol.